The van der Waals surface area contributed by atoms with Gasteiger partial charge in [0.15, 0.2) is 5.96 Å². The van der Waals surface area contributed by atoms with E-state index in [0.29, 0.717) is 31.2 Å². The second-order valence-corrected chi connectivity index (χ2v) is 5.56. The first-order valence-electron chi connectivity index (χ1n) is 8.02. The summed E-state index contributed by atoms with van der Waals surface area (Å²) in [4.78, 5) is 4.48. The van der Waals surface area contributed by atoms with Gasteiger partial charge in [0, 0.05) is 37.5 Å². The fourth-order valence-corrected chi connectivity index (χ4v) is 2.30. The van der Waals surface area contributed by atoms with Crippen LogP contribution in [0, 0.1) is 6.92 Å². The highest BCUT2D eigenvalue weighted by Gasteiger charge is 2.10. The summed E-state index contributed by atoms with van der Waals surface area (Å²) in [5, 5.41) is 10.4. The number of ether oxygens (including phenoxy) is 1. The summed E-state index contributed by atoms with van der Waals surface area (Å²) in [6, 6.07) is 5.11. The molecule has 1 heterocycles. The molecule has 1 aromatic heterocycles. The molecule has 2 rings (SSSR count). The van der Waals surface area contributed by atoms with Crippen molar-refractivity contribution >= 4 is 5.96 Å². The molecule has 0 aliphatic carbocycles. The van der Waals surface area contributed by atoms with Gasteiger partial charge in [-0.15, -0.1) is 0 Å². The summed E-state index contributed by atoms with van der Waals surface area (Å²) in [5.74, 6) is 0.757. The Balaban J connectivity index is 2.06. The SMILES string of the molecule is CCNC(=NCc1cnn(C)c1)NCc1cc(C)ccc1OC(F)F. The maximum atomic E-state index is 12.5. The van der Waals surface area contributed by atoms with Crippen molar-refractivity contribution in [3.05, 3.63) is 47.3 Å². The first-order valence-corrected chi connectivity index (χ1v) is 8.02. The van der Waals surface area contributed by atoms with Crippen molar-refractivity contribution in [2.75, 3.05) is 6.54 Å². The third kappa shape index (κ3) is 6.06. The standard InChI is InChI=1S/C17H23F2N5O/c1-4-20-17(21-8-13-9-23-24(3)11-13)22-10-14-7-12(2)5-6-15(14)25-16(18)19/h5-7,9,11,16H,4,8,10H2,1-3H3,(H2,20,21,22). The number of hydrogen-bond acceptors (Lipinski definition) is 3. The molecule has 0 amide bonds. The monoisotopic (exact) mass is 351 g/mol. The Morgan fingerprint density at radius 2 is 2.16 bits per heavy atom. The average Bonchev–Trinajstić information content (AvgIpc) is 2.97. The number of benzene rings is 1. The van der Waals surface area contributed by atoms with Gasteiger partial charge in [0.05, 0.1) is 12.7 Å². The van der Waals surface area contributed by atoms with E-state index < -0.39 is 6.61 Å². The molecule has 136 valence electrons. The van der Waals surface area contributed by atoms with Crippen LogP contribution in [0.2, 0.25) is 0 Å². The van der Waals surface area contributed by atoms with Crippen molar-refractivity contribution < 1.29 is 13.5 Å². The van der Waals surface area contributed by atoms with Gasteiger partial charge in [-0.1, -0.05) is 17.7 Å². The Kier molecular flexibility index (Phi) is 6.73. The summed E-state index contributed by atoms with van der Waals surface area (Å²) >= 11 is 0. The third-order valence-electron chi connectivity index (χ3n) is 3.40. The third-order valence-corrected chi connectivity index (χ3v) is 3.40. The normalized spacial score (nSPS) is 11.7. The van der Waals surface area contributed by atoms with E-state index in [1.807, 2.05) is 33.2 Å². The minimum Gasteiger partial charge on any atom is -0.434 e. The number of hydrogen-bond donors (Lipinski definition) is 2. The van der Waals surface area contributed by atoms with Gasteiger partial charge in [-0.25, -0.2) is 4.99 Å². The second kappa shape index (κ2) is 9.00. The molecule has 8 heteroatoms. The molecule has 2 N–H and O–H groups in total. The van der Waals surface area contributed by atoms with Gasteiger partial charge < -0.3 is 15.4 Å². The van der Waals surface area contributed by atoms with E-state index in [1.54, 1.807) is 23.0 Å². The van der Waals surface area contributed by atoms with E-state index in [4.69, 9.17) is 0 Å². The Hall–Kier alpha value is -2.64. The molecule has 0 fully saturated rings. The highest BCUT2D eigenvalue weighted by Crippen LogP contribution is 2.21. The van der Waals surface area contributed by atoms with Crippen LogP contribution in [0.5, 0.6) is 5.75 Å². The lowest BCUT2D eigenvalue weighted by atomic mass is 10.1. The van der Waals surface area contributed by atoms with Gasteiger partial charge in [0.2, 0.25) is 0 Å². The number of alkyl halides is 2. The molecule has 6 nitrogen and oxygen atoms in total. The fraction of sp³-hybridized carbons (Fsp3) is 0.412. The summed E-state index contributed by atoms with van der Waals surface area (Å²) in [5.41, 5.74) is 2.60. The van der Waals surface area contributed by atoms with Crippen LogP contribution in [0.25, 0.3) is 0 Å². The van der Waals surface area contributed by atoms with Crippen molar-refractivity contribution in [2.45, 2.75) is 33.5 Å². The zero-order valence-corrected chi connectivity index (χ0v) is 14.6. The predicted molar refractivity (Wildman–Crippen MR) is 92.7 cm³/mol. The Bertz CT molecular complexity index is 715. The Morgan fingerprint density at radius 3 is 2.80 bits per heavy atom. The number of nitrogens with one attached hydrogen (secondary N) is 2. The molecule has 2 aromatic rings. The maximum Gasteiger partial charge on any atom is 0.387 e. The molecule has 0 aliphatic rings. The number of aryl methyl sites for hydroxylation is 2. The van der Waals surface area contributed by atoms with Crippen LogP contribution in [0.3, 0.4) is 0 Å². The Labute approximate surface area is 145 Å². The molecule has 0 unspecified atom stereocenters. The zero-order valence-electron chi connectivity index (χ0n) is 14.6. The summed E-state index contributed by atoms with van der Waals surface area (Å²) in [6.45, 7) is 2.48. The first kappa shape index (κ1) is 18.7. The van der Waals surface area contributed by atoms with E-state index in [-0.39, 0.29) is 5.75 Å². The smallest absolute Gasteiger partial charge is 0.387 e. The molecular weight excluding hydrogens is 328 g/mol. The molecule has 0 spiro atoms. The van der Waals surface area contributed by atoms with Crippen LogP contribution in [0.15, 0.2) is 35.6 Å². The number of guanidine groups is 1. The van der Waals surface area contributed by atoms with Crippen molar-refractivity contribution in [3.8, 4) is 5.75 Å². The van der Waals surface area contributed by atoms with Crippen molar-refractivity contribution in [1.82, 2.24) is 20.4 Å². The van der Waals surface area contributed by atoms with E-state index >= 15 is 0 Å². The summed E-state index contributed by atoms with van der Waals surface area (Å²) in [6.07, 6.45) is 3.64. The van der Waals surface area contributed by atoms with Gasteiger partial charge in [-0.05, 0) is 19.9 Å². The van der Waals surface area contributed by atoms with Crippen molar-refractivity contribution in [1.29, 1.82) is 0 Å². The quantitative estimate of drug-likeness (QED) is 0.595. The lowest BCUT2D eigenvalue weighted by Crippen LogP contribution is -2.36. The number of aliphatic imine (C=N–C) groups is 1. The zero-order chi connectivity index (χ0) is 18.2. The Morgan fingerprint density at radius 1 is 1.36 bits per heavy atom. The fourth-order valence-electron chi connectivity index (χ4n) is 2.30. The molecule has 0 saturated heterocycles. The lowest BCUT2D eigenvalue weighted by molar-refractivity contribution is -0.0504. The van der Waals surface area contributed by atoms with Gasteiger partial charge >= 0.3 is 6.61 Å². The van der Waals surface area contributed by atoms with Gasteiger partial charge in [0.25, 0.3) is 0 Å². The van der Waals surface area contributed by atoms with Crippen LogP contribution in [-0.2, 0) is 20.1 Å². The minimum absolute atomic E-state index is 0.163. The number of rotatable bonds is 7. The van der Waals surface area contributed by atoms with Crippen LogP contribution in [0.1, 0.15) is 23.6 Å². The average molecular weight is 351 g/mol. The highest BCUT2D eigenvalue weighted by atomic mass is 19.3. The second-order valence-electron chi connectivity index (χ2n) is 5.56. The van der Waals surface area contributed by atoms with Crippen LogP contribution in [-0.4, -0.2) is 28.9 Å². The minimum atomic E-state index is -2.85. The van der Waals surface area contributed by atoms with Crippen molar-refractivity contribution in [2.24, 2.45) is 12.0 Å². The summed E-state index contributed by atoms with van der Waals surface area (Å²) in [7, 11) is 1.85. The van der Waals surface area contributed by atoms with E-state index in [2.05, 4.69) is 25.5 Å². The number of halogens is 2. The van der Waals surface area contributed by atoms with Gasteiger partial charge in [-0.3, -0.25) is 4.68 Å². The number of aromatic nitrogens is 2. The molecule has 25 heavy (non-hydrogen) atoms. The molecule has 0 radical (unpaired) electrons. The maximum absolute atomic E-state index is 12.5. The van der Waals surface area contributed by atoms with Crippen molar-refractivity contribution in [3.63, 3.8) is 0 Å². The van der Waals surface area contributed by atoms with Crippen LogP contribution < -0.4 is 15.4 Å². The molecular formula is C17H23F2N5O. The largest absolute Gasteiger partial charge is 0.434 e. The molecule has 1 aromatic carbocycles. The molecule has 0 saturated carbocycles. The van der Waals surface area contributed by atoms with Crippen LogP contribution in [0.4, 0.5) is 8.78 Å². The molecule has 0 atom stereocenters. The first-order chi connectivity index (χ1) is 12.0. The topological polar surface area (TPSA) is 63.5 Å². The van der Waals surface area contributed by atoms with E-state index in [1.165, 1.54) is 0 Å². The van der Waals surface area contributed by atoms with Gasteiger partial charge in [-0.2, -0.15) is 13.9 Å². The molecule has 0 aliphatic heterocycles. The van der Waals surface area contributed by atoms with Gasteiger partial charge in [0.1, 0.15) is 5.75 Å². The predicted octanol–water partition coefficient (Wildman–Crippen LogP) is 2.59. The van der Waals surface area contributed by atoms with E-state index in [9.17, 15) is 8.78 Å². The molecule has 0 bridgehead atoms. The van der Waals surface area contributed by atoms with E-state index in [0.717, 1.165) is 11.1 Å². The number of nitrogens with zero attached hydrogens (tertiary/aromatic N) is 3. The summed E-state index contributed by atoms with van der Waals surface area (Å²) < 4.78 is 31.4. The lowest BCUT2D eigenvalue weighted by Gasteiger charge is -2.15. The highest BCUT2D eigenvalue weighted by molar-refractivity contribution is 5.79. The van der Waals surface area contributed by atoms with Crippen LogP contribution >= 0.6 is 0 Å².